The molecule has 0 aromatic heterocycles. The fourth-order valence-electron chi connectivity index (χ4n) is 2.38. The number of nitrogens with two attached hydrogens (primary N) is 1. The van der Waals surface area contributed by atoms with Crippen LogP contribution >= 0.6 is 0 Å². The van der Waals surface area contributed by atoms with Gasteiger partial charge in [0.05, 0.1) is 1.37 Å². The van der Waals surface area contributed by atoms with Gasteiger partial charge in [0.15, 0.2) is 0 Å². The lowest BCUT2D eigenvalue weighted by molar-refractivity contribution is 0.124. The molecule has 1 aliphatic rings. The van der Waals surface area contributed by atoms with Crippen LogP contribution in [0.15, 0.2) is 30.3 Å². The van der Waals surface area contributed by atoms with Gasteiger partial charge in [-0.25, -0.2) is 0 Å². The SMILES string of the molecule is [2H]N([2H])C([2H])(c1ccccc1)C(C)(C)N1CCCC1. The second-order valence-corrected chi connectivity index (χ2v) is 4.97. The van der Waals surface area contributed by atoms with E-state index in [1.54, 1.807) is 0 Å². The number of benzene rings is 1. The van der Waals surface area contributed by atoms with Crippen LogP contribution in [0.3, 0.4) is 0 Å². The van der Waals surface area contributed by atoms with Crippen molar-refractivity contribution in [3.63, 3.8) is 0 Å². The second-order valence-electron chi connectivity index (χ2n) is 4.97. The molecule has 1 unspecified atom stereocenters. The molecule has 1 atom stereocenters. The van der Waals surface area contributed by atoms with E-state index in [0.29, 0.717) is 11.3 Å². The molecule has 1 saturated heterocycles. The lowest BCUT2D eigenvalue weighted by Gasteiger charge is -2.40. The van der Waals surface area contributed by atoms with Gasteiger partial charge in [0, 0.05) is 11.6 Å². The number of hydrogen-bond acceptors (Lipinski definition) is 2. The largest absolute Gasteiger partial charge is 0.322 e. The zero-order valence-corrected chi connectivity index (χ0v) is 10.1. The Kier molecular flexibility index (Phi) is 2.35. The van der Waals surface area contributed by atoms with E-state index >= 15 is 0 Å². The van der Waals surface area contributed by atoms with Crippen molar-refractivity contribution in [3.05, 3.63) is 35.9 Å². The Morgan fingerprint density at radius 1 is 1.31 bits per heavy atom. The van der Waals surface area contributed by atoms with Crippen molar-refractivity contribution in [2.45, 2.75) is 38.2 Å². The van der Waals surface area contributed by atoms with Crippen molar-refractivity contribution in [2.24, 2.45) is 5.72 Å². The molecular formula is C14H22N2. The monoisotopic (exact) mass is 221 g/mol. The first kappa shape index (κ1) is 8.26. The van der Waals surface area contributed by atoms with Gasteiger partial charge in [-0.15, -0.1) is 0 Å². The molecule has 0 aliphatic carbocycles. The second kappa shape index (κ2) is 4.56. The standard InChI is InChI=1S/C14H22N2/c1-14(2,16-10-6-7-11-16)13(15)12-8-4-3-5-9-12/h3-5,8-9,13H,6-7,10-11,15H2,1-2H3/i13D/hD2. The predicted octanol–water partition coefficient (Wildman–Crippen LogP) is 2.56. The van der Waals surface area contributed by atoms with Crippen LogP contribution in [0, 0.1) is 0 Å². The van der Waals surface area contributed by atoms with E-state index in [4.69, 9.17) is 4.19 Å². The van der Waals surface area contributed by atoms with Gasteiger partial charge in [0.25, 0.3) is 0 Å². The molecule has 0 spiro atoms. The van der Waals surface area contributed by atoms with E-state index in [1.165, 1.54) is 0 Å². The quantitative estimate of drug-likeness (QED) is 0.846. The Hall–Kier alpha value is -0.860. The average molecular weight is 221 g/mol. The summed E-state index contributed by atoms with van der Waals surface area (Å²) in [6, 6.07) is 7.88. The molecule has 2 rings (SSSR count). The maximum Gasteiger partial charge on any atom is 0.119 e. The summed E-state index contributed by atoms with van der Waals surface area (Å²) in [5.41, 5.74) is 0.645. The third-order valence-electron chi connectivity index (χ3n) is 3.52. The molecule has 1 aromatic rings. The summed E-state index contributed by atoms with van der Waals surface area (Å²) in [4.78, 5) is 2.23. The molecular weight excluding hydrogens is 196 g/mol. The van der Waals surface area contributed by atoms with E-state index < -0.39 is 11.6 Å². The molecule has 0 saturated carbocycles. The summed E-state index contributed by atoms with van der Waals surface area (Å²) in [7, 11) is 0. The first-order valence-electron chi connectivity index (χ1n) is 7.38. The van der Waals surface area contributed by atoms with Crippen LogP contribution in [-0.2, 0) is 0 Å². The molecule has 0 bridgehead atoms. The summed E-state index contributed by atoms with van der Waals surface area (Å²) in [5, 5.41) is 0. The van der Waals surface area contributed by atoms with Crippen molar-refractivity contribution < 1.29 is 4.19 Å². The zero-order chi connectivity index (χ0) is 14.1. The van der Waals surface area contributed by atoms with Gasteiger partial charge in [-0.05, 0) is 45.3 Å². The fourth-order valence-corrected chi connectivity index (χ4v) is 2.38. The van der Waals surface area contributed by atoms with Crippen LogP contribution in [0.4, 0.5) is 0 Å². The highest BCUT2D eigenvalue weighted by atomic mass is 15.2. The molecule has 1 aromatic carbocycles. The maximum atomic E-state index is 8.79. The predicted molar refractivity (Wildman–Crippen MR) is 68.3 cm³/mol. The zero-order valence-electron chi connectivity index (χ0n) is 13.1. The molecule has 88 valence electrons. The first-order valence-corrected chi connectivity index (χ1v) is 5.99. The third kappa shape index (κ3) is 2.13. The smallest absolute Gasteiger partial charge is 0.119 e. The Balaban J connectivity index is 2.44. The van der Waals surface area contributed by atoms with E-state index in [2.05, 4.69) is 4.90 Å². The van der Waals surface area contributed by atoms with Crippen molar-refractivity contribution in [3.8, 4) is 0 Å². The van der Waals surface area contributed by atoms with Crippen molar-refractivity contribution in [1.82, 2.24) is 4.90 Å². The maximum absolute atomic E-state index is 8.79. The normalized spacial score (nSPS) is 24.8. The lowest BCUT2D eigenvalue weighted by Crippen LogP contribution is -2.49. The van der Waals surface area contributed by atoms with Crippen molar-refractivity contribution in [2.75, 3.05) is 13.1 Å². The Morgan fingerprint density at radius 2 is 1.94 bits per heavy atom. The van der Waals surface area contributed by atoms with Gasteiger partial charge in [-0.2, -0.15) is 0 Å². The van der Waals surface area contributed by atoms with Crippen LogP contribution in [-0.4, -0.2) is 23.5 Å². The Bertz CT molecular complexity index is 416. The van der Waals surface area contributed by atoms with Crippen molar-refractivity contribution in [1.29, 1.82) is 0 Å². The summed E-state index contributed by atoms with van der Waals surface area (Å²) in [5.74, 6) is 0. The van der Waals surface area contributed by atoms with Crippen LogP contribution in [0.5, 0.6) is 0 Å². The summed E-state index contributed by atoms with van der Waals surface area (Å²) >= 11 is 0. The van der Waals surface area contributed by atoms with Gasteiger partial charge in [0.2, 0.25) is 0 Å². The van der Waals surface area contributed by atoms with Crippen molar-refractivity contribution >= 4 is 0 Å². The molecule has 2 N–H and O–H groups in total. The van der Waals surface area contributed by atoms with Gasteiger partial charge in [-0.3, -0.25) is 4.90 Å². The highest BCUT2D eigenvalue weighted by Gasteiger charge is 2.35. The number of hydrogen-bond donors (Lipinski definition) is 1. The van der Waals surface area contributed by atoms with Crippen LogP contribution in [0.2, 0.25) is 2.82 Å². The van der Waals surface area contributed by atoms with Gasteiger partial charge >= 0.3 is 0 Å². The van der Waals surface area contributed by atoms with Gasteiger partial charge < -0.3 is 5.72 Å². The summed E-state index contributed by atoms with van der Waals surface area (Å²) in [6.45, 7) is 5.81. The molecule has 16 heavy (non-hydrogen) atoms. The minimum absolute atomic E-state index is 0.542. The number of nitrogens with zero attached hydrogens (tertiary/aromatic N) is 1. The fraction of sp³-hybridized carbons (Fsp3) is 0.571. The molecule has 0 radical (unpaired) electrons. The minimum Gasteiger partial charge on any atom is -0.322 e. The van der Waals surface area contributed by atoms with Crippen LogP contribution in [0.1, 0.15) is 39.6 Å². The highest BCUT2D eigenvalue weighted by Crippen LogP contribution is 2.31. The Morgan fingerprint density at radius 3 is 2.50 bits per heavy atom. The molecule has 1 heterocycles. The van der Waals surface area contributed by atoms with E-state index in [0.717, 1.165) is 25.9 Å². The molecule has 2 heteroatoms. The van der Waals surface area contributed by atoms with Crippen LogP contribution in [0.25, 0.3) is 0 Å². The highest BCUT2D eigenvalue weighted by molar-refractivity contribution is 5.22. The molecule has 2 nitrogen and oxygen atoms in total. The molecule has 0 amide bonds. The first-order chi connectivity index (χ1) is 8.90. The third-order valence-corrected chi connectivity index (χ3v) is 3.52. The molecule has 1 aliphatic heterocycles. The van der Waals surface area contributed by atoms with E-state index in [-0.39, 0.29) is 0 Å². The minimum atomic E-state index is -1.40. The number of likely N-dealkylation sites (tertiary alicyclic amines) is 1. The summed E-state index contributed by atoms with van der Waals surface area (Å²) in [6.07, 6.45) is 2.26. The van der Waals surface area contributed by atoms with Gasteiger partial charge in [0.1, 0.15) is 2.82 Å². The van der Waals surface area contributed by atoms with Gasteiger partial charge in [-0.1, -0.05) is 30.3 Å². The number of rotatable bonds is 4. The van der Waals surface area contributed by atoms with E-state index in [1.807, 2.05) is 44.2 Å². The summed E-state index contributed by atoms with van der Waals surface area (Å²) < 4.78 is 24.3. The molecule has 1 fully saturated rings. The topological polar surface area (TPSA) is 29.3 Å². The Labute approximate surface area is 103 Å². The lowest BCUT2D eigenvalue weighted by atomic mass is 9.88. The van der Waals surface area contributed by atoms with Crippen LogP contribution < -0.4 is 5.72 Å². The van der Waals surface area contributed by atoms with E-state index in [9.17, 15) is 0 Å². The average Bonchev–Trinajstić information content (AvgIpc) is 2.92.